The van der Waals surface area contributed by atoms with Crippen molar-refractivity contribution >= 4 is 0 Å². The van der Waals surface area contributed by atoms with Crippen LogP contribution in [-0.4, -0.2) is 35.6 Å². The van der Waals surface area contributed by atoms with Crippen molar-refractivity contribution in [2.24, 2.45) is 5.92 Å². The van der Waals surface area contributed by atoms with Gasteiger partial charge in [0.15, 0.2) is 0 Å². The third kappa shape index (κ3) is 4.08. The van der Waals surface area contributed by atoms with E-state index < -0.39 is 0 Å². The molecule has 3 unspecified atom stereocenters. The number of rotatable bonds is 5. The Labute approximate surface area is 130 Å². The molecular formula is C19H32N2. The predicted octanol–water partition coefficient (Wildman–Crippen LogP) is 3.72. The highest BCUT2D eigenvalue weighted by molar-refractivity contribution is 5.16. The van der Waals surface area contributed by atoms with Crippen LogP contribution in [0.4, 0.5) is 0 Å². The van der Waals surface area contributed by atoms with Crippen LogP contribution < -0.4 is 5.32 Å². The zero-order valence-electron chi connectivity index (χ0n) is 14.4. The van der Waals surface area contributed by atoms with Crippen LogP contribution in [0, 0.1) is 5.92 Å². The predicted molar refractivity (Wildman–Crippen MR) is 91.6 cm³/mol. The highest BCUT2D eigenvalue weighted by Crippen LogP contribution is 2.26. The maximum atomic E-state index is 3.78. The van der Waals surface area contributed by atoms with Gasteiger partial charge in [-0.25, -0.2) is 0 Å². The minimum atomic E-state index is 0.260. The summed E-state index contributed by atoms with van der Waals surface area (Å²) in [6.07, 6.45) is 2.33. The Hall–Kier alpha value is -0.860. The summed E-state index contributed by atoms with van der Waals surface area (Å²) in [6, 6.07) is 12.1. The Morgan fingerprint density at radius 2 is 1.90 bits per heavy atom. The summed E-state index contributed by atoms with van der Waals surface area (Å²) >= 11 is 0. The molecule has 1 aliphatic rings. The standard InChI is InChI=1S/C19H32N2/c1-6-19(5)14-21(18(13-20-19)15(2)3)16(4)12-17-10-8-7-9-11-17/h7-11,15-16,18,20H,6,12-14H2,1-5H3. The first kappa shape index (κ1) is 16.5. The lowest BCUT2D eigenvalue weighted by Crippen LogP contribution is -2.65. The van der Waals surface area contributed by atoms with Crippen LogP contribution in [0.1, 0.15) is 46.6 Å². The first-order valence-electron chi connectivity index (χ1n) is 8.50. The van der Waals surface area contributed by atoms with Gasteiger partial charge < -0.3 is 5.32 Å². The highest BCUT2D eigenvalue weighted by atomic mass is 15.3. The maximum Gasteiger partial charge on any atom is 0.0278 e. The van der Waals surface area contributed by atoms with Crippen LogP contribution >= 0.6 is 0 Å². The largest absolute Gasteiger partial charge is 0.309 e. The second kappa shape index (κ2) is 6.93. The molecule has 0 aromatic heterocycles. The lowest BCUT2D eigenvalue weighted by atomic mass is 9.88. The maximum absolute atomic E-state index is 3.78. The summed E-state index contributed by atoms with van der Waals surface area (Å²) in [5, 5.41) is 3.78. The number of nitrogens with zero attached hydrogens (tertiary/aromatic N) is 1. The molecule has 0 saturated carbocycles. The minimum Gasteiger partial charge on any atom is -0.309 e. The van der Waals surface area contributed by atoms with E-state index in [-0.39, 0.29) is 5.54 Å². The molecule has 1 fully saturated rings. The molecule has 2 nitrogen and oxygen atoms in total. The summed E-state index contributed by atoms with van der Waals surface area (Å²) in [5.41, 5.74) is 1.71. The van der Waals surface area contributed by atoms with Crippen molar-refractivity contribution in [3.05, 3.63) is 35.9 Å². The zero-order valence-corrected chi connectivity index (χ0v) is 14.4. The van der Waals surface area contributed by atoms with Crippen LogP contribution in [0.25, 0.3) is 0 Å². The molecule has 0 amide bonds. The molecule has 3 atom stereocenters. The van der Waals surface area contributed by atoms with Crippen molar-refractivity contribution in [3.8, 4) is 0 Å². The van der Waals surface area contributed by atoms with Gasteiger partial charge in [0.2, 0.25) is 0 Å². The van der Waals surface area contributed by atoms with Gasteiger partial charge in [0.25, 0.3) is 0 Å². The quantitative estimate of drug-likeness (QED) is 0.888. The Morgan fingerprint density at radius 3 is 2.48 bits per heavy atom. The van der Waals surface area contributed by atoms with E-state index in [4.69, 9.17) is 0 Å². The van der Waals surface area contributed by atoms with Gasteiger partial charge >= 0.3 is 0 Å². The molecule has 1 saturated heterocycles. The van der Waals surface area contributed by atoms with Crippen LogP contribution in [0.5, 0.6) is 0 Å². The SMILES string of the molecule is CCC1(C)CN(C(C)Cc2ccccc2)C(C(C)C)CN1. The molecule has 0 bridgehead atoms. The summed E-state index contributed by atoms with van der Waals surface area (Å²) < 4.78 is 0. The summed E-state index contributed by atoms with van der Waals surface area (Å²) in [5.74, 6) is 0.692. The van der Waals surface area contributed by atoms with Gasteiger partial charge in [0.1, 0.15) is 0 Å². The first-order chi connectivity index (χ1) is 9.95. The van der Waals surface area contributed by atoms with Crippen LogP contribution in [0.15, 0.2) is 30.3 Å². The van der Waals surface area contributed by atoms with Crippen LogP contribution in [0.3, 0.4) is 0 Å². The normalized spacial score (nSPS) is 28.8. The first-order valence-corrected chi connectivity index (χ1v) is 8.50. The molecule has 2 rings (SSSR count). The molecule has 1 aromatic rings. The van der Waals surface area contributed by atoms with E-state index in [9.17, 15) is 0 Å². The van der Waals surface area contributed by atoms with Crippen molar-refractivity contribution in [2.45, 2.75) is 65.1 Å². The van der Waals surface area contributed by atoms with E-state index >= 15 is 0 Å². The second-order valence-electron chi connectivity index (χ2n) is 7.32. The fourth-order valence-corrected chi connectivity index (χ4v) is 3.45. The lowest BCUT2D eigenvalue weighted by molar-refractivity contribution is 0.0302. The molecule has 1 aliphatic heterocycles. The smallest absolute Gasteiger partial charge is 0.0278 e. The molecule has 1 heterocycles. The number of hydrogen-bond donors (Lipinski definition) is 1. The fraction of sp³-hybridized carbons (Fsp3) is 0.684. The average molecular weight is 288 g/mol. The summed E-state index contributed by atoms with van der Waals surface area (Å²) in [7, 11) is 0. The van der Waals surface area contributed by atoms with Crippen molar-refractivity contribution in [3.63, 3.8) is 0 Å². The second-order valence-corrected chi connectivity index (χ2v) is 7.32. The third-order valence-electron chi connectivity index (χ3n) is 5.19. The average Bonchev–Trinajstić information content (AvgIpc) is 2.48. The van der Waals surface area contributed by atoms with Gasteiger partial charge in [-0.15, -0.1) is 0 Å². The summed E-state index contributed by atoms with van der Waals surface area (Å²) in [6.45, 7) is 14.0. The fourth-order valence-electron chi connectivity index (χ4n) is 3.45. The van der Waals surface area contributed by atoms with E-state index in [0.29, 0.717) is 18.0 Å². The van der Waals surface area contributed by atoms with Gasteiger partial charge in [-0.2, -0.15) is 0 Å². The van der Waals surface area contributed by atoms with Crippen LogP contribution in [-0.2, 0) is 6.42 Å². The molecule has 0 radical (unpaired) electrons. The van der Waals surface area contributed by atoms with Gasteiger partial charge in [0, 0.05) is 30.7 Å². The Morgan fingerprint density at radius 1 is 1.24 bits per heavy atom. The van der Waals surface area contributed by atoms with E-state index in [1.807, 2.05) is 0 Å². The monoisotopic (exact) mass is 288 g/mol. The lowest BCUT2D eigenvalue weighted by Gasteiger charge is -2.50. The molecule has 0 aliphatic carbocycles. The molecular weight excluding hydrogens is 256 g/mol. The highest BCUT2D eigenvalue weighted by Gasteiger charge is 2.37. The van der Waals surface area contributed by atoms with E-state index in [0.717, 1.165) is 19.5 Å². The molecule has 2 heteroatoms. The van der Waals surface area contributed by atoms with Crippen LogP contribution in [0.2, 0.25) is 0 Å². The van der Waals surface area contributed by atoms with E-state index in [2.05, 4.69) is 75.2 Å². The number of nitrogens with one attached hydrogen (secondary N) is 1. The number of hydrogen-bond acceptors (Lipinski definition) is 2. The van der Waals surface area contributed by atoms with Gasteiger partial charge in [-0.3, -0.25) is 4.90 Å². The minimum absolute atomic E-state index is 0.260. The van der Waals surface area contributed by atoms with Gasteiger partial charge in [-0.05, 0) is 38.2 Å². The number of benzene rings is 1. The Kier molecular flexibility index (Phi) is 5.45. The van der Waals surface area contributed by atoms with Crippen molar-refractivity contribution in [1.82, 2.24) is 10.2 Å². The van der Waals surface area contributed by atoms with Gasteiger partial charge in [0.05, 0.1) is 0 Å². The molecule has 1 N–H and O–H groups in total. The Balaban J connectivity index is 2.11. The van der Waals surface area contributed by atoms with E-state index in [1.165, 1.54) is 12.0 Å². The van der Waals surface area contributed by atoms with E-state index in [1.54, 1.807) is 0 Å². The topological polar surface area (TPSA) is 15.3 Å². The Bertz CT molecular complexity index is 428. The van der Waals surface area contributed by atoms with Crippen molar-refractivity contribution in [1.29, 1.82) is 0 Å². The zero-order chi connectivity index (χ0) is 15.5. The van der Waals surface area contributed by atoms with Crippen molar-refractivity contribution in [2.75, 3.05) is 13.1 Å². The molecule has 21 heavy (non-hydrogen) atoms. The molecule has 0 spiro atoms. The molecule has 118 valence electrons. The third-order valence-corrected chi connectivity index (χ3v) is 5.19. The van der Waals surface area contributed by atoms with Gasteiger partial charge in [-0.1, -0.05) is 51.1 Å². The van der Waals surface area contributed by atoms with Crippen molar-refractivity contribution < 1.29 is 0 Å². The number of piperazine rings is 1. The summed E-state index contributed by atoms with van der Waals surface area (Å²) in [4.78, 5) is 2.75. The molecule has 1 aromatic carbocycles.